The van der Waals surface area contributed by atoms with Gasteiger partial charge in [0.1, 0.15) is 5.75 Å². The lowest BCUT2D eigenvalue weighted by Crippen LogP contribution is -2.11. The lowest BCUT2D eigenvalue weighted by atomic mass is 9.77. The Bertz CT molecular complexity index is 1160. The summed E-state index contributed by atoms with van der Waals surface area (Å²) in [4.78, 5) is 0. The first-order valence-corrected chi connectivity index (χ1v) is 11.5. The molecule has 162 valence electrons. The third-order valence-electron chi connectivity index (χ3n) is 6.85. The van der Waals surface area contributed by atoms with E-state index in [2.05, 4.69) is 113 Å². The molecule has 1 N–H and O–H groups in total. The minimum atomic E-state index is 0.0824. The van der Waals surface area contributed by atoms with Crippen molar-refractivity contribution in [2.45, 2.75) is 45.4 Å². The molecule has 1 nitrogen and oxygen atoms in total. The predicted molar refractivity (Wildman–Crippen MR) is 135 cm³/mol. The minimum absolute atomic E-state index is 0.0824. The van der Waals surface area contributed by atoms with E-state index >= 15 is 0 Å². The highest BCUT2D eigenvalue weighted by Crippen LogP contribution is 2.45. The van der Waals surface area contributed by atoms with Gasteiger partial charge < -0.3 is 5.11 Å². The smallest absolute Gasteiger partial charge is 0.123 e. The number of rotatable bonds is 6. The molecule has 4 aromatic carbocycles. The summed E-state index contributed by atoms with van der Waals surface area (Å²) in [5, 5.41) is 11.8. The maximum atomic E-state index is 11.8. The highest BCUT2D eigenvalue weighted by molar-refractivity contribution is 5.58. The molecule has 0 aliphatic heterocycles. The first kappa shape index (κ1) is 21.9. The second-order valence-electron chi connectivity index (χ2n) is 8.86. The fourth-order valence-corrected chi connectivity index (χ4v) is 4.96. The van der Waals surface area contributed by atoms with E-state index in [9.17, 15) is 5.11 Å². The first-order chi connectivity index (χ1) is 15.5. The highest BCUT2D eigenvalue weighted by atomic mass is 16.3. The normalized spacial score (nSPS) is 14.0. The lowest BCUT2D eigenvalue weighted by molar-refractivity contribution is 0.455. The Morgan fingerprint density at radius 2 is 0.906 bits per heavy atom. The van der Waals surface area contributed by atoms with Crippen LogP contribution in [0.1, 0.15) is 77.5 Å². The molecule has 3 atom stereocenters. The van der Waals surface area contributed by atoms with Gasteiger partial charge in [-0.1, -0.05) is 118 Å². The van der Waals surface area contributed by atoms with Crippen molar-refractivity contribution in [3.05, 3.63) is 136 Å². The zero-order chi connectivity index (χ0) is 22.7. The quantitative estimate of drug-likeness (QED) is 0.333. The van der Waals surface area contributed by atoms with Gasteiger partial charge in [-0.25, -0.2) is 0 Å². The van der Waals surface area contributed by atoms with E-state index in [1.807, 2.05) is 12.1 Å². The Balaban J connectivity index is 1.93. The molecule has 0 aliphatic rings. The van der Waals surface area contributed by atoms with E-state index in [-0.39, 0.29) is 17.8 Å². The third kappa shape index (κ3) is 4.21. The summed E-state index contributed by atoms with van der Waals surface area (Å²) in [6.45, 7) is 8.83. The number of phenolic OH excluding ortho intramolecular Hbond substituents is 1. The zero-order valence-electron chi connectivity index (χ0n) is 19.4. The molecule has 0 spiro atoms. The maximum Gasteiger partial charge on any atom is 0.123 e. The van der Waals surface area contributed by atoms with Crippen LogP contribution in [0, 0.1) is 6.92 Å². The topological polar surface area (TPSA) is 20.2 Å². The van der Waals surface area contributed by atoms with Crippen LogP contribution in [-0.2, 0) is 0 Å². The molecule has 0 aromatic heterocycles. The second kappa shape index (κ2) is 9.44. The second-order valence-corrected chi connectivity index (χ2v) is 8.86. The van der Waals surface area contributed by atoms with Gasteiger partial charge in [-0.15, -0.1) is 0 Å². The van der Waals surface area contributed by atoms with Gasteiger partial charge in [0, 0.05) is 28.9 Å². The van der Waals surface area contributed by atoms with Crippen molar-refractivity contribution in [3.63, 3.8) is 0 Å². The number of hydrogen-bond acceptors (Lipinski definition) is 1. The average Bonchev–Trinajstić information content (AvgIpc) is 2.85. The third-order valence-corrected chi connectivity index (χ3v) is 6.85. The Hall–Kier alpha value is -3.32. The van der Waals surface area contributed by atoms with Crippen LogP contribution in [0.25, 0.3) is 0 Å². The van der Waals surface area contributed by atoms with E-state index < -0.39 is 0 Å². The van der Waals surface area contributed by atoms with E-state index in [4.69, 9.17) is 0 Å². The fraction of sp³-hybridized carbons (Fsp3) is 0.226. The van der Waals surface area contributed by atoms with Crippen molar-refractivity contribution in [2.24, 2.45) is 0 Å². The van der Waals surface area contributed by atoms with Crippen molar-refractivity contribution in [2.75, 3.05) is 0 Å². The van der Waals surface area contributed by atoms with Crippen molar-refractivity contribution in [1.29, 1.82) is 0 Å². The van der Waals surface area contributed by atoms with Crippen molar-refractivity contribution in [3.8, 4) is 5.75 Å². The number of phenols is 1. The number of benzene rings is 4. The van der Waals surface area contributed by atoms with Crippen LogP contribution in [0.2, 0.25) is 0 Å². The van der Waals surface area contributed by atoms with E-state index in [1.165, 1.54) is 27.8 Å². The molecule has 0 radical (unpaired) electrons. The Morgan fingerprint density at radius 3 is 1.34 bits per heavy atom. The molecule has 0 fully saturated rings. The summed E-state index contributed by atoms with van der Waals surface area (Å²) in [5.74, 6) is 0.808. The zero-order valence-corrected chi connectivity index (χ0v) is 19.4. The van der Waals surface area contributed by atoms with Gasteiger partial charge in [-0.3, -0.25) is 0 Å². The maximum absolute atomic E-state index is 11.8. The monoisotopic (exact) mass is 420 g/mol. The van der Waals surface area contributed by atoms with Crippen molar-refractivity contribution < 1.29 is 5.11 Å². The van der Waals surface area contributed by atoms with Crippen LogP contribution in [0.4, 0.5) is 0 Å². The molecule has 0 saturated carbocycles. The van der Waals surface area contributed by atoms with Crippen molar-refractivity contribution >= 4 is 0 Å². The molecular formula is C31H32O. The van der Waals surface area contributed by atoms with Crippen LogP contribution in [-0.4, -0.2) is 5.11 Å². The summed E-state index contributed by atoms with van der Waals surface area (Å²) < 4.78 is 0. The number of aryl methyl sites for hydroxylation is 1. The van der Waals surface area contributed by atoms with Gasteiger partial charge in [0.2, 0.25) is 0 Å². The van der Waals surface area contributed by atoms with Gasteiger partial charge in [0.25, 0.3) is 0 Å². The van der Waals surface area contributed by atoms with E-state index in [0.717, 1.165) is 11.1 Å². The molecule has 0 heterocycles. The molecule has 0 aliphatic carbocycles. The molecule has 1 heteroatoms. The van der Waals surface area contributed by atoms with Crippen molar-refractivity contribution in [1.82, 2.24) is 0 Å². The van der Waals surface area contributed by atoms with Gasteiger partial charge in [-0.05, 0) is 34.7 Å². The predicted octanol–water partition coefficient (Wildman–Crippen LogP) is 8.16. The summed E-state index contributed by atoms with van der Waals surface area (Å²) in [5.41, 5.74) is 8.20. The molecule has 32 heavy (non-hydrogen) atoms. The Morgan fingerprint density at radius 1 is 0.531 bits per heavy atom. The highest BCUT2D eigenvalue weighted by Gasteiger charge is 2.27. The number of aromatic hydroxyl groups is 1. The molecule has 4 rings (SSSR count). The fourth-order valence-electron chi connectivity index (χ4n) is 4.96. The molecular weight excluding hydrogens is 388 g/mol. The molecule has 0 saturated heterocycles. The minimum Gasteiger partial charge on any atom is -0.507 e. The Labute approximate surface area is 192 Å². The summed E-state index contributed by atoms with van der Waals surface area (Å²) in [6.07, 6.45) is 0. The van der Waals surface area contributed by atoms with E-state index in [1.54, 1.807) is 0 Å². The Kier molecular flexibility index (Phi) is 6.46. The van der Waals surface area contributed by atoms with Crippen LogP contribution in [0.15, 0.2) is 97.1 Å². The summed E-state index contributed by atoms with van der Waals surface area (Å²) >= 11 is 0. The standard InChI is InChI=1S/C31H32O/c1-21-20-28(22(2)25-14-8-5-9-15-25)31(32)30(24(4)27-18-12-7-13-19-27)29(21)23(3)26-16-10-6-11-17-26/h5-20,22-24,32H,1-4H3. The van der Waals surface area contributed by atoms with Crippen LogP contribution in [0.3, 0.4) is 0 Å². The van der Waals surface area contributed by atoms with Gasteiger partial charge in [0.05, 0.1) is 0 Å². The lowest BCUT2D eigenvalue weighted by Gasteiger charge is -2.28. The summed E-state index contributed by atoms with van der Waals surface area (Å²) in [6, 6.07) is 33.7. The van der Waals surface area contributed by atoms with Gasteiger partial charge in [-0.2, -0.15) is 0 Å². The largest absolute Gasteiger partial charge is 0.507 e. The number of hydrogen-bond donors (Lipinski definition) is 1. The van der Waals surface area contributed by atoms with Crippen LogP contribution < -0.4 is 0 Å². The van der Waals surface area contributed by atoms with E-state index in [0.29, 0.717) is 5.75 Å². The van der Waals surface area contributed by atoms with Crippen LogP contribution in [0.5, 0.6) is 5.75 Å². The molecule has 4 aromatic rings. The van der Waals surface area contributed by atoms with Gasteiger partial charge >= 0.3 is 0 Å². The summed E-state index contributed by atoms with van der Waals surface area (Å²) in [7, 11) is 0. The molecule has 0 bridgehead atoms. The molecule has 3 unspecified atom stereocenters. The average molecular weight is 421 g/mol. The molecule has 0 amide bonds. The SMILES string of the molecule is Cc1cc(C(C)c2ccccc2)c(O)c(C(C)c2ccccc2)c1C(C)c1ccccc1. The first-order valence-electron chi connectivity index (χ1n) is 11.5. The van der Waals surface area contributed by atoms with Gasteiger partial charge in [0.15, 0.2) is 0 Å². The van der Waals surface area contributed by atoms with Crippen LogP contribution >= 0.6 is 0 Å².